The molecule has 1 aromatic rings. The van der Waals surface area contributed by atoms with E-state index in [2.05, 4.69) is 29.0 Å². The van der Waals surface area contributed by atoms with Crippen molar-refractivity contribution in [2.45, 2.75) is 19.9 Å². The van der Waals surface area contributed by atoms with Crippen molar-refractivity contribution in [2.24, 2.45) is 5.92 Å². The lowest BCUT2D eigenvalue weighted by atomic mass is 10.0. The van der Waals surface area contributed by atoms with Crippen LogP contribution in [0.25, 0.3) is 0 Å². The summed E-state index contributed by atoms with van der Waals surface area (Å²) in [4.78, 5) is 27.5. The standard InChI is InChI=1S/C13H21N3O2/c1-9(2)11(16(3)4)8-14-13(18)10-6-5-7-12(17)15-10/h5-7,9,11H,8H2,1-4H3,(H,14,18)(H,15,17). The second kappa shape index (κ2) is 6.35. The summed E-state index contributed by atoms with van der Waals surface area (Å²) in [5.41, 5.74) is 0.0273. The van der Waals surface area contributed by atoms with Crippen molar-refractivity contribution in [3.63, 3.8) is 0 Å². The lowest BCUT2D eigenvalue weighted by molar-refractivity contribution is 0.0929. The molecule has 5 nitrogen and oxygen atoms in total. The van der Waals surface area contributed by atoms with Gasteiger partial charge in [-0.05, 0) is 26.1 Å². The molecule has 0 aliphatic carbocycles. The first-order valence-corrected chi connectivity index (χ1v) is 6.05. The number of pyridine rings is 1. The normalized spacial score (nSPS) is 12.8. The van der Waals surface area contributed by atoms with Crippen LogP contribution in [0, 0.1) is 5.92 Å². The molecular formula is C13H21N3O2. The minimum absolute atomic E-state index is 0.250. The molecule has 1 amide bonds. The highest BCUT2D eigenvalue weighted by Gasteiger charge is 2.17. The maximum atomic E-state index is 11.8. The highest BCUT2D eigenvalue weighted by atomic mass is 16.2. The Labute approximate surface area is 107 Å². The van der Waals surface area contributed by atoms with Crippen molar-refractivity contribution in [3.8, 4) is 0 Å². The SMILES string of the molecule is CC(C)C(CNC(=O)c1cccc(=O)[nH]1)N(C)C. The Bertz CT molecular complexity index is 444. The van der Waals surface area contributed by atoms with Gasteiger partial charge >= 0.3 is 0 Å². The van der Waals surface area contributed by atoms with Crippen molar-refractivity contribution < 1.29 is 4.79 Å². The minimum Gasteiger partial charge on any atom is -0.349 e. The molecule has 1 atom stereocenters. The average molecular weight is 251 g/mol. The summed E-state index contributed by atoms with van der Waals surface area (Å²) in [6, 6.07) is 4.81. The third-order valence-electron chi connectivity index (χ3n) is 2.92. The fourth-order valence-corrected chi connectivity index (χ4v) is 1.89. The van der Waals surface area contributed by atoms with E-state index in [1.807, 2.05) is 14.1 Å². The molecule has 2 N–H and O–H groups in total. The van der Waals surface area contributed by atoms with Crippen LogP contribution in [0.1, 0.15) is 24.3 Å². The lowest BCUT2D eigenvalue weighted by Gasteiger charge is -2.28. The first-order valence-electron chi connectivity index (χ1n) is 6.05. The van der Waals surface area contributed by atoms with E-state index in [4.69, 9.17) is 0 Å². The molecule has 0 radical (unpaired) electrons. The summed E-state index contributed by atoms with van der Waals surface area (Å²) in [6.45, 7) is 4.78. The number of aromatic amines is 1. The second-order valence-corrected chi connectivity index (χ2v) is 4.91. The average Bonchev–Trinajstić information content (AvgIpc) is 2.28. The molecule has 1 rings (SSSR count). The highest BCUT2D eigenvalue weighted by Crippen LogP contribution is 2.06. The zero-order valence-electron chi connectivity index (χ0n) is 11.4. The topological polar surface area (TPSA) is 65.2 Å². The quantitative estimate of drug-likeness (QED) is 0.809. The molecule has 18 heavy (non-hydrogen) atoms. The number of rotatable bonds is 5. The van der Waals surface area contributed by atoms with E-state index in [0.29, 0.717) is 18.2 Å². The third kappa shape index (κ3) is 4.00. The van der Waals surface area contributed by atoms with Gasteiger partial charge < -0.3 is 15.2 Å². The van der Waals surface area contributed by atoms with Gasteiger partial charge in [-0.25, -0.2) is 0 Å². The maximum absolute atomic E-state index is 11.8. The number of carbonyl (C=O) groups is 1. The van der Waals surface area contributed by atoms with Crippen LogP contribution in [0.15, 0.2) is 23.0 Å². The molecule has 5 heteroatoms. The molecule has 0 aromatic carbocycles. The van der Waals surface area contributed by atoms with E-state index in [1.165, 1.54) is 6.07 Å². The largest absolute Gasteiger partial charge is 0.349 e. The van der Waals surface area contributed by atoms with Crippen LogP contribution in [0.4, 0.5) is 0 Å². The Morgan fingerprint density at radius 2 is 2.06 bits per heavy atom. The number of nitrogens with one attached hydrogen (secondary N) is 2. The number of H-pyrrole nitrogens is 1. The predicted molar refractivity (Wildman–Crippen MR) is 71.7 cm³/mol. The van der Waals surface area contributed by atoms with Gasteiger partial charge in [0.1, 0.15) is 5.69 Å². The lowest BCUT2D eigenvalue weighted by Crippen LogP contribution is -2.43. The van der Waals surface area contributed by atoms with Crippen LogP contribution in [0.2, 0.25) is 0 Å². The van der Waals surface area contributed by atoms with E-state index in [0.717, 1.165) is 0 Å². The summed E-state index contributed by atoms with van der Waals surface area (Å²) in [7, 11) is 3.97. The van der Waals surface area contributed by atoms with Gasteiger partial charge in [-0.2, -0.15) is 0 Å². The molecule has 0 saturated carbocycles. The molecule has 0 aliphatic heterocycles. The highest BCUT2D eigenvalue weighted by molar-refractivity contribution is 5.92. The summed E-state index contributed by atoms with van der Waals surface area (Å²) in [6.07, 6.45) is 0. The predicted octanol–water partition coefficient (Wildman–Crippen LogP) is 0.691. The van der Waals surface area contributed by atoms with Crippen LogP contribution in [0.5, 0.6) is 0 Å². The fourth-order valence-electron chi connectivity index (χ4n) is 1.89. The van der Waals surface area contributed by atoms with Crippen molar-refractivity contribution in [2.75, 3.05) is 20.6 Å². The molecule has 0 spiro atoms. The zero-order chi connectivity index (χ0) is 13.7. The van der Waals surface area contributed by atoms with Crippen molar-refractivity contribution >= 4 is 5.91 Å². The van der Waals surface area contributed by atoms with E-state index < -0.39 is 0 Å². The molecule has 0 fully saturated rings. The Morgan fingerprint density at radius 3 is 2.56 bits per heavy atom. The fraction of sp³-hybridized carbons (Fsp3) is 0.538. The molecule has 100 valence electrons. The van der Waals surface area contributed by atoms with Crippen LogP contribution < -0.4 is 10.9 Å². The van der Waals surface area contributed by atoms with Gasteiger partial charge in [0, 0.05) is 18.7 Å². The summed E-state index contributed by atoms with van der Waals surface area (Å²) >= 11 is 0. The molecular weight excluding hydrogens is 230 g/mol. The van der Waals surface area contributed by atoms with Crippen LogP contribution in [-0.4, -0.2) is 42.5 Å². The summed E-state index contributed by atoms with van der Waals surface area (Å²) in [5.74, 6) is 0.190. The number of amides is 1. The molecule has 0 aliphatic rings. The molecule has 1 unspecified atom stereocenters. The van der Waals surface area contributed by atoms with E-state index >= 15 is 0 Å². The van der Waals surface area contributed by atoms with E-state index in [1.54, 1.807) is 12.1 Å². The maximum Gasteiger partial charge on any atom is 0.267 e. The van der Waals surface area contributed by atoms with Gasteiger partial charge in [0.15, 0.2) is 0 Å². The number of aromatic nitrogens is 1. The zero-order valence-corrected chi connectivity index (χ0v) is 11.4. The number of hydrogen-bond acceptors (Lipinski definition) is 3. The van der Waals surface area contributed by atoms with Gasteiger partial charge in [0.2, 0.25) is 5.56 Å². The number of hydrogen-bond donors (Lipinski definition) is 2. The Hall–Kier alpha value is -1.62. The van der Waals surface area contributed by atoms with E-state index in [9.17, 15) is 9.59 Å². The van der Waals surface area contributed by atoms with Crippen molar-refractivity contribution in [3.05, 3.63) is 34.2 Å². The van der Waals surface area contributed by atoms with Gasteiger partial charge in [-0.15, -0.1) is 0 Å². The van der Waals surface area contributed by atoms with Gasteiger partial charge in [0.25, 0.3) is 5.91 Å². The minimum atomic E-state index is -0.268. The summed E-state index contributed by atoms with van der Waals surface area (Å²) < 4.78 is 0. The number of likely N-dealkylation sites (N-methyl/N-ethyl adjacent to an activating group) is 1. The monoisotopic (exact) mass is 251 g/mol. The Kier molecular flexibility index (Phi) is 5.09. The van der Waals surface area contributed by atoms with Gasteiger partial charge in [-0.1, -0.05) is 19.9 Å². The summed E-state index contributed by atoms with van der Waals surface area (Å²) in [5, 5.41) is 2.84. The number of nitrogens with zero attached hydrogens (tertiary/aromatic N) is 1. The molecule has 0 bridgehead atoms. The molecule has 1 aromatic heterocycles. The first kappa shape index (κ1) is 14.4. The van der Waals surface area contributed by atoms with Crippen molar-refractivity contribution in [1.29, 1.82) is 0 Å². The smallest absolute Gasteiger partial charge is 0.267 e. The molecule has 0 saturated heterocycles. The first-order chi connectivity index (χ1) is 8.41. The Morgan fingerprint density at radius 1 is 1.39 bits per heavy atom. The van der Waals surface area contributed by atoms with Crippen molar-refractivity contribution in [1.82, 2.24) is 15.2 Å². The van der Waals surface area contributed by atoms with Gasteiger partial charge in [-0.3, -0.25) is 9.59 Å². The Balaban J connectivity index is 2.63. The number of carbonyl (C=O) groups excluding carboxylic acids is 1. The van der Waals surface area contributed by atoms with E-state index in [-0.39, 0.29) is 17.5 Å². The van der Waals surface area contributed by atoms with Crippen LogP contribution in [0.3, 0.4) is 0 Å². The molecule has 1 heterocycles. The van der Waals surface area contributed by atoms with Crippen LogP contribution in [-0.2, 0) is 0 Å². The second-order valence-electron chi connectivity index (χ2n) is 4.91. The van der Waals surface area contributed by atoms with Gasteiger partial charge in [0.05, 0.1) is 0 Å². The van der Waals surface area contributed by atoms with Crippen LogP contribution >= 0.6 is 0 Å². The third-order valence-corrected chi connectivity index (χ3v) is 2.92.